The Labute approximate surface area is 220 Å². The minimum Gasteiger partial charge on any atom is -0.361 e. The van der Waals surface area contributed by atoms with Crippen molar-refractivity contribution in [3.8, 4) is 0 Å². The third-order valence-electron chi connectivity index (χ3n) is 8.89. The van der Waals surface area contributed by atoms with Gasteiger partial charge in [0, 0.05) is 55.1 Å². The summed E-state index contributed by atoms with van der Waals surface area (Å²) >= 11 is 0. The largest absolute Gasteiger partial charge is 0.361 e. The number of benzene rings is 1. The molecule has 0 spiro atoms. The van der Waals surface area contributed by atoms with E-state index < -0.39 is 0 Å². The molecule has 3 N–H and O–H groups in total. The number of aromatic nitrogens is 1. The van der Waals surface area contributed by atoms with E-state index in [-0.39, 0.29) is 35.6 Å². The molecule has 3 aliphatic rings. The summed E-state index contributed by atoms with van der Waals surface area (Å²) in [7, 11) is 0. The average Bonchev–Trinajstić information content (AvgIpc) is 3.65. The van der Waals surface area contributed by atoms with Gasteiger partial charge in [0.05, 0.1) is 5.92 Å². The number of fused-ring (bicyclic) bond motifs is 2. The van der Waals surface area contributed by atoms with Crippen LogP contribution in [-0.4, -0.2) is 53.3 Å². The van der Waals surface area contributed by atoms with Crippen LogP contribution in [0.5, 0.6) is 0 Å². The maximum absolute atomic E-state index is 13.5. The smallest absolute Gasteiger partial charge is 0.225 e. The number of carbonyl (C=O) groups is 3. The van der Waals surface area contributed by atoms with Crippen molar-refractivity contribution in [1.82, 2.24) is 20.5 Å². The minimum absolute atomic E-state index is 0.00965. The van der Waals surface area contributed by atoms with Crippen molar-refractivity contribution in [3.05, 3.63) is 36.0 Å². The van der Waals surface area contributed by atoms with Crippen LogP contribution in [0.3, 0.4) is 0 Å². The van der Waals surface area contributed by atoms with Crippen LogP contribution in [0.15, 0.2) is 30.5 Å². The van der Waals surface area contributed by atoms with Gasteiger partial charge in [0.1, 0.15) is 0 Å². The molecular weight excluding hydrogens is 464 g/mol. The Bertz CT molecular complexity index is 1090. The van der Waals surface area contributed by atoms with Crippen LogP contribution in [0.25, 0.3) is 10.9 Å². The number of para-hydroxylation sites is 1. The first-order chi connectivity index (χ1) is 18.1. The van der Waals surface area contributed by atoms with Gasteiger partial charge in [-0.05, 0) is 62.5 Å². The van der Waals surface area contributed by atoms with Crippen LogP contribution in [0.2, 0.25) is 0 Å². The van der Waals surface area contributed by atoms with Crippen molar-refractivity contribution >= 4 is 28.6 Å². The molecule has 2 saturated carbocycles. The van der Waals surface area contributed by atoms with E-state index in [9.17, 15) is 14.4 Å². The number of aromatic amines is 1. The Hall–Kier alpha value is -2.83. The van der Waals surface area contributed by atoms with Crippen LogP contribution in [0.1, 0.15) is 76.2 Å². The predicted octanol–water partition coefficient (Wildman–Crippen LogP) is 4.32. The van der Waals surface area contributed by atoms with Crippen LogP contribution in [-0.2, 0) is 20.8 Å². The summed E-state index contributed by atoms with van der Waals surface area (Å²) in [5, 5.41) is 7.43. The molecule has 1 aliphatic heterocycles. The van der Waals surface area contributed by atoms with Crippen molar-refractivity contribution in [3.63, 3.8) is 0 Å². The van der Waals surface area contributed by atoms with E-state index in [1.807, 2.05) is 23.2 Å². The molecule has 2 aliphatic carbocycles. The normalized spacial score (nSPS) is 25.5. The van der Waals surface area contributed by atoms with Crippen LogP contribution in [0.4, 0.5) is 0 Å². The highest BCUT2D eigenvalue weighted by atomic mass is 16.2. The number of hydrogen-bond donors (Lipinski definition) is 3. The summed E-state index contributed by atoms with van der Waals surface area (Å²) in [6.45, 7) is 1.94. The van der Waals surface area contributed by atoms with Gasteiger partial charge in [0.15, 0.2) is 0 Å². The second-order valence-corrected chi connectivity index (χ2v) is 11.4. The zero-order chi connectivity index (χ0) is 25.6. The molecule has 3 fully saturated rings. The van der Waals surface area contributed by atoms with E-state index in [1.165, 1.54) is 23.8 Å². The van der Waals surface area contributed by atoms with Crippen molar-refractivity contribution in [2.24, 2.45) is 17.8 Å². The number of hydrogen-bond acceptors (Lipinski definition) is 3. The number of carbonyl (C=O) groups excluding carboxylic acids is 3. The molecule has 37 heavy (non-hydrogen) atoms. The molecule has 7 nitrogen and oxygen atoms in total. The first kappa shape index (κ1) is 25.8. The average molecular weight is 507 g/mol. The van der Waals surface area contributed by atoms with Crippen molar-refractivity contribution in [1.29, 1.82) is 0 Å². The minimum atomic E-state index is -0.310. The van der Waals surface area contributed by atoms with Crippen LogP contribution in [0, 0.1) is 17.8 Å². The molecule has 2 aromatic rings. The first-order valence-electron chi connectivity index (χ1n) is 14.5. The Morgan fingerprint density at radius 2 is 1.81 bits per heavy atom. The molecule has 3 atom stereocenters. The summed E-state index contributed by atoms with van der Waals surface area (Å²) in [6.07, 6.45) is 13.2. The quantitative estimate of drug-likeness (QED) is 0.545. The number of amides is 3. The maximum Gasteiger partial charge on any atom is 0.225 e. The van der Waals surface area contributed by atoms with Crippen molar-refractivity contribution < 1.29 is 14.4 Å². The summed E-state index contributed by atoms with van der Waals surface area (Å²) in [4.78, 5) is 45.3. The third-order valence-corrected chi connectivity index (χ3v) is 8.89. The Morgan fingerprint density at radius 3 is 2.68 bits per heavy atom. The molecule has 7 heteroatoms. The van der Waals surface area contributed by atoms with Crippen molar-refractivity contribution in [2.75, 3.05) is 19.6 Å². The van der Waals surface area contributed by atoms with E-state index in [1.54, 1.807) is 0 Å². The Kier molecular flexibility index (Phi) is 8.47. The maximum atomic E-state index is 13.5. The van der Waals surface area contributed by atoms with Gasteiger partial charge in [-0.1, -0.05) is 43.9 Å². The SMILES string of the molecule is O=C(NCCc1c[nH]c2ccccc12)[C@@H]1C[C@H]2C(=O)NCCCCCCN(C(=O)CC3CCCC3)[C@H]2C1. The van der Waals surface area contributed by atoms with Gasteiger partial charge in [-0.25, -0.2) is 0 Å². The fourth-order valence-corrected chi connectivity index (χ4v) is 6.82. The molecule has 0 radical (unpaired) electrons. The monoisotopic (exact) mass is 506 g/mol. The zero-order valence-electron chi connectivity index (χ0n) is 22.0. The van der Waals surface area contributed by atoms with Gasteiger partial charge >= 0.3 is 0 Å². The van der Waals surface area contributed by atoms with Gasteiger partial charge in [-0.3, -0.25) is 14.4 Å². The van der Waals surface area contributed by atoms with Gasteiger partial charge in [-0.2, -0.15) is 0 Å². The summed E-state index contributed by atoms with van der Waals surface area (Å²) in [5.74, 6) is 0.135. The summed E-state index contributed by atoms with van der Waals surface area (Å²) < 4.78 is 0. The van der Waals surface area contributed by atoms with Gasteiger partial charge in [0.25, 0.3) is 0 Å². The Morgan fingerprint density at radius 1 is 1.00 bits per heavy atom. The zero-order valence-corrected chi connectivity index (χ0v) is 22.0. The number of rotatable bonds is 6. The highest BCUT2D eigenvalue weighted by Crippen LogP contribution is 2.37. The number of nitrogens with zero attached hydrogens (tertiary/aromatic N) is 1. The van der Waals surface area contributed by atoms with E-state index in [4.69, 9.17) is 0 Å². The molecule has 1 aromatic heterocycles. The molecule has 1 aromatic carbocycles. The van der Waals surface area contributed by atoms with E-state index in [0.717, 1.165) is 50.5 Å². The fourth-order valence-electron chi connectivity index (χ4n) is 6.82. The number of H-pyrrole nitrogens is 1. The summed E-state index contributed by atoms with van der Waals surface area (Å²) in [5.41, 5.74) is 2.29. The topological polar surface area (TPSA) is 94.3 Å². The molecular formula is C30H42N4O3. The standard InChI is InChI=1S/C30H42N4O3/c35-28(17-21-9-3-4-10-21)34-16-8-2-1-7-14-31-30(37)25-18-23(19-27(25)34)29(36)32-15-13-22-20-33-26-12-6-5-11-24(22)26/h5-6,11-12,20-21,23,25,27,33H,1-4,7-10,13-19H2,(H,31,37)(H,32,36)/t23-,25-,27+/m1/s1. The fraction of sp³-hybridized carbons (Fsp3) is 0.633. The van der Waals surface area contributed by atoms with Gasteiger partial charge in [-0.15, -0.1) is 0 Å². The lowest BCUT2D eigenvalue weighted by Gasteiger charge is -2.33. The molecule has 5 rings (SSSR count). The third kappa shape index (κ3) is 6.19. The molecule has 0 unspecified atom stereocenters. The predicted molar refractivity (Wildman–Crippen MR) is 145 cm³/mol. The first-order valence-corrected chi connectivity index (χ1v) is 14.5. The van der Waals surface area contributed by atoms with Gasteiger partial charge in [0.2, 0.25) is 17.7 Å². The molecule has 0 bridgehead atoms. The van der Waals surface area contributed by atoms with Crippen LogP contribution < -0.4 is 10.6 Å². The number of nitrogens with one attached hydrogen (secondary N) is 3. The van der Waals surface area contributed by atoms with Crippen molar-refractivity contribution in [2.45, 2.75) is 83.1 Å². The lowest BCUT2D eigenvalue weighted by atomic mass is 9.98. The summed E-state index contributed by atoms with van der Waals surface area (Å²) in [6, 6.07) is 8.01. The molecule has 3 amide bonds. The molecule has 200 valence electrons. The van der Waals surface area contributed by atoms with E-state index >= 15 is 0 Å². The highest BCUT2D eigenvalue weighted by molar-refractivity contribution is 5.86. The lowest BCUT2D eigenvalue weighted by Crippen LogP contribution is -2.47. The Balaban J connectivity index is 1.24. The van der Waals surface area contributed by atoms with Gasteiger partial charge < -0.3 is 20.5 Å². The second kappa shape index (κ2) is 12.1. The second-order valence-electron chi connectivity index (χ2n) is 11.4. The van der Waals surface area contributed by atoms with E-state index in [0.29, 0.717) is 44.8 Å². The lowest BCUT2D eigenvalue weighted by molar-refractivity contribution is -0.137. The highest BCUT2D eigenvalue weighted by Gasteiger charge is 2.45. The van der Waals surface area contributed by atoms with E-state index in [2.05, 4.69) is 27.8 Å². The molecule has 1 saturated heterocycles. The van der Waals surface area contributed by atoms with Crippen LogP contribution >= 0.6 is 0 Å². The molecule has 2 heterocycles.